The maximum absolute atomic E-state index is 10.2. The van der Waals surface area contributed by atoms with E-state index in [-0.39, 0.29) is 5.75 Å². The molecule has 0 atom stereocenters. The van der Waals surface area contributed by atoms with E-state index in [9.17, 15) is 13.0 Å². The van der Waals surface area contributed by atoms with Crippen LogP contribution in [0, 0.1) is 0 Å². The van der Waals surface area contributed by atoms with Crippen molar-refractivity contribution in [3.05, 3.63) is 30.6 Å². The summed E-state index contributed by atoms with van der Waals surface area (Å²) in [7, 11) is -4.00. The van der Waals surface area contributed by atoms with Crippen LogP contribution in [0.25, 0.3) is 0 Å². The minimum atomic E-state index is -4.00. The Hall–Kier alpha value is -0.980. The summed E-state index contributed by atoms with van der Waals surface area (Å²) < 4.78 is 32.9. The van der Waals surface area contributed by atoms with E-state index in [1.807, 2.05) is 18.2 Å². The molecule has 0 saturated carbocycles. The van der Waals surface area contributed by atoms with Crippen LogP contribution in [0.2, 0.25) is 0 Å². The first kappa shape index (κ1) is 20.0. The van der Waals surface area contributed by atoms with Crippen molar-refractivity contribution < 1.29 is 17.5 Å². The first-order chi connectivity index (χ1) is 9.92. The number of rotatable bonds is 8. The second-order valence-electron chi connectivity index (χ2n) is 4.70. The molecule has 1 aromatic heterocycles. The summed E-state index contributed by atoms with van der Waals surface area (Å²) in [4.78, 5) is 2.21. The van der Waals surface area contributed by atoms with Gasteiger partial charge in [0.25, 0.3) is 0 Å². The Balaban J connectivity index is 0.000000423. The molecule has 0 unspecified atom stereocenters. The standard InChI is InChI=1S/C8H19NO3S.C7H10N/c1-3-9(4-2)7-5-6-8-13(10,11)12;1-2-8-6-4-3-5-7-8/h3-8H2,1-2H3,(H,10,11,12);3-7H,2H2,1H3/q;+1/p-1. The van der Waals surface area contributed by atoms with Crippen molar-refractivity contribution in [2.24, 2.45) is 0 Å². The quantitative estimate of drug-likeness (QED) is 0.415. The first-order valence-corrected chi connectivity index (χ1v) is 9.10. The van der Waals surface area contributed by atoms with Crippen LogP contribution < -0.4 is 4.57 Å². The Morgan fingerprint density at radius 2 is 1.57 bits per heavy atom. The third kappa shape index (κ3) is 12.5. The Morgan fingerprint density at radius 3 is 1.95 bits per heavy atom. The average molecular weight is 316 g/mol. The van der Waals surface area contributed by atoms with E-state index in [1.54, 1.807) is 0 Å². The van der Waals surface area contributed by atoms with Gasteiger partial charge < -0.3 is 9.45 Å². The fraction of sp³-hybridized carbons (Fsp3) is 0.667. The van der Waals surface area contributed by atoms with Gasteiger partial charge >= 0.3 is 0 Å². The van der Waals surface area contributed by atoms with Crippen LogP contribution in [0.4, 0.5) is 0 Å². The van der Waals surface area contributed by atoms with Crippen molar-refractivity contribution in [2.75, 3.05) is 25.4 Å². The Kier molecular flexibility index (Phi) is 11.1. The molecule has 1 aromatic rings. The van der Waals surface area contributed by atoms with Crippen molar-refractivity contribution in [2.45, 2.75) is 40.2 Å². The maximum atomic E-state index is 10.2. The molecule has 0 aliphatic carbocycles. The molecule has 0 spiro atoms. The molecule has 21 heavy (non-hydrogen) atoms. The second-order valence-corrected chi connectivity index (χ2v) is 6.23. The molecule has 0 aromatic carbocycles. The minimum absolute atomic E-state index is 0.228. The Morgan fingerprint density at radius 1 is 1.00 bits per heavy atom. The Labute approximate surface area is 129 Å². The number of hydrogen-bond donors (Lipinski definition) is 0. The smallest absolute Gasteiger partial charge is 0.168 e. The lowest BCUT2D eigenvalue weighted by Gasteiger charge is -2.17. The molecule has 0 fully saturated rings. The summed E-state index contributed by atoms with van der Waals surface area (Å²) >= 11 is 0. The largest absolute Gasteiger partial charge is 0.748 e. The molecule has 0 saturated heterocycles. The van der Waals surface area contributed by atoms with Crippen molar-refractivity contribution >= 4 is 10.1 Å². The highest BCUT2D eigenvalue weighted by Crippen LogP contribution is 1.97. The fourth-order valence-corrected chi connectivity index (χ4v) is 2.36. The molecule has 0 amide bonds. The van der Waals surface area contributed by atoms with Gasteiger partial charge in [0.1, 0.15) is 6.54 Å². The van der Waals surface area contributed by atoms with E-state index in [0.717, 1.165) is 32.6 Å². The SMILES string of the molecule is CCN(CC)CCCCS(=O)(=O)[O-].CC[n+]1ccccc1. The van der Waals surface area contributed by atoms with Gasteiger partial charge in [-0.2, -0.15) is 0 Å². The highest BCUT2D eigenvalue weighted by molar-refractivity contribution is 7.85. The number of pyridine rings is 1. The van der Waals surface area contributed by atoms with Crippen LogP contribution in [0.1, 0.15) is 33.6 Å². The molecule has 1 rings (SSSR count). The van der Waals surface area contributed by atoms with E-state index in [0.29, 0.717) is 6.42 Å². The highest BCUT2D eigenvalue weighted by Gasteiger charge is 1.99. The third-order valence-corrected chi connectivity index (χ3v) is 3.94. The van der Waals surface area contributed by atoms with E-state index in [4.69, 9.17) is 0 Å². The van der Waals surface area contributed by atoms with Gasteiger partial charge in [0.2, 0.25) is 0 Å². The van der Waals surface area contributed by atoms with Crippen LogP contribution in [0.15, 0.2) is 30.6 Å². The molecular weight excluding hydrogens is 288 g/mol. The van der Waals surface area contributed by atoms with Crippen molar-refractivity contribution in [1.82, 2.24) is 4.90 Å². The van der Waals surface area contributed by atoms with Crippen LogP contribution in [-0.4, -0.2) is 43.3 Å². The summed E-state index contributed by atoms with van der Waals surface area (Å²) in [6.45, 7) is 10.1. The van der Waals surface area contributed by atoms with Gasteiger partial charge in [0, 0.05) is 17.9 Å². The zero-order valence-corrected chi connectivity index (χ0v) is 14.2. The van der Waals surface area contributed by atoms with Gasteiger partial charge in [-0.25, -0.2) is 13.0 Å². The molecule has 5 nitrogen and oxygen atoms in total. The third-order valence-electron chi connectivity index (χ3n) is 3.16. The summed E-state index contributed by atoms with van der Waals surface area (Å²) in [5, 5.41) is 0. The molecule has 0 N–H and O–H groups in total. The molecule has 122 valence electrons. The first-order valence-electron chi connectivity index (χ1n) is 7.52. The molecule has 1 heterocycles. The van der Waals surface area contributed by atoms with E-state index in [2.05, 4.69) is 42.6 Å². The molecule has 6 heteroatoms. The fourth-order valence-electron chi connectivity index (χ4n) is 1.80. The zero-order valence-electron chi connectivity index (χ0n) is 13.4. The average Bonchev–Trinajstić information content (AvgIpc) is 2.48. The predicted molar refractivity (Wildman–Crippen MR) is 83.9 cm³/mol. The number of aryl methyl sites for hydroxylation is 1. The van der Waals surface area contributed by atoms with Gasteiger partial charge in [-0.3, -0.25) is 0 Å². The topological polar surface area (TPSA) is 64.3 Å². The van der Waals surface area contributed by atoms with E-state index >= 15 is 0 Å². The molecular formula is C15H28N2O3S. The van der Waals surface area contributed by atoms with E-state index in [1.165, 1.54) is 0 Å². The summed E-state index contributed by atoms with van der Waals surface area (Å²) in [6, 6.07) is 6.08. The number of unbranched alkanes of at least 4 members (excludes halogenated alkanes) is 1. The number of nitrogens with zero attached hydrogens (tertiary/aromatic N) is 2. The lowest BCUT2D eigenvalue weighted by Crippen LogP contribution is -2.30. The predicted octanol–water partition coefficient (Wildman–Crippen LogP) is 1.65. The monoisotopic (exact) mass is 316 g/mol. The zero-order chi connectivity index (χ0) is 16.1. The van der Waals surface area contributed by atoms with Gasteiger partial charge in [-0.1, -0.05) is 19.9 Å². The second kappa shape index (κ2) is 11.7. The van der Waals surface area contributed by atoms with Crippen molar-refractivity contribution in [3.63, 3.8) is 0 Å². The van der Waals surface area contributed by atoms with Crippen LogP contribution in [0.5, 0.6) is 0 Å². The summed E-state index contributed by atoms with van der Waals surface area (Å²) in [5.74, 6) is -0.228. The lowest BCUT2D eigenvalue weighted by molar-refractivity contribution is -0.693. The van der Waals surface area contributed by atoms with E-state index < -0.39 is 10.1 Å². The van der Waals surface area contributed by atoms with Crippen molar-refractivity contribution in [1.29, 1.82) is 0 Å². The normalized spacial score (nSPS) is 11.1. The van der Waals surface area contributed by atoms with Crippen LogP contribution in [0.3, 0.4) is 0 Å². The lowest BCUT2D eigenvalue weighted by atomic mass is 10.3. The molecule has 0 radical (unpaired) electrons. The maximum Gasteiger partial charge on any atom is 0.168 e. The molecule has 0 bridgehead atoms. The molecule has 0 aliphatic heterocycles. The summed E-state index contributed by atoms with van der Waals surface area (Å²) in [5.41, 5.74) is 0. The summed E-state index contributed by atoms with van der Waals surface area (Å²) in [6.07, 6.45) is 5.37. The number of hydrogen-bond acceptors (Lipinski definition) is 4. The van der Waals surface area contributed by atoms with Gasteiger partial charge in [-0.15, -0.1) is 0 Å². The van der Waals surface area contributed by atoms with Crippen LogP contribution >= 0.6 is 0 Å². The van der Waals surface area contributed by atoms with Gasteiger partial charge in [0.05, 0.1) is 10.1 Å². The van der Waals surface area contributed by atoms with Gasteiger partial charge in [-0.05, 0) is 39.4 Å². The van der Waals surface area contributed by atoms with Gasteiger partial charge in [0.15, 0.2) is 12.4 Å². The highest BCUT2D eigenvalue weighted by atomic mass is 32.2. The molecule has 0 aliphatic rings. The number of aromatic nitrogens is 1. The minimum Gasteiger partial charge on any atom is -0.748 e. The van der Waals surface area contributed by atoms with Crippen molar-refractivity contribution in [3.8, 4) is 0 Å². The Bertz CT molecular complexity index is 445. The van der Waals surface area contributed by atoms with Crippen LogP contribution in [-0.2, 0) is 16.7 Å².